The Bertz CT molecular complexity index is 281. The number of aromatic hydroxyl groups is 2. The van der Waals surface area contributed by atoms with E-state index in [1.54, 1.807) is 6.07 Å². The smallest absolute Gasteiger partial charge is 0.157 e. The summed E-state index contributed by atoms with van der Waals surface area (Å²) >= 11 is 0. The Morgan fingerprint density at radius 1 is 1.40 bits per heavy atom. The molecule has 0 aliphatic heterocycles. The maximum atomic E-state index is 8.98. The van der Waals surface area contributed by atoms with Gasteiger partial charge in [-0.2, -0.15) is 0 Å². The van der Waals surface area contributed by atoms with Crippen LogP contribution in [0.4, 0.5) is 0 Å². The summed E-state index contributed by atoms with van der Waals surface area (Å²) < 4.78 is 6.74. The van der Waals surface area contributed by atoms with Gasteiger partial charge in [0.15, 0.2) is 11.5 Å². The Morgan fingerprint density at radius 2 is 2.20 bits per heavy atom. The molecule has 1 rings (SSSR count). The zero-order chi connectivity index (χ0) is 8.27. The molecule has 0 saturated carbocycles. The van der Waals surface area contributed by atoms with E-state index in [0.29, 0.717) is 5.56 Å². The van der Waals surface area contributed by atoms with Crippen molar-refractivity contribution in [3.8, 4) is 11.5 Å². The Labute approximate surface area is 60.5 Å². The van der Waals surface area contributed by atoms with E-state index in [1.165, 1.54) is 18.2 Å². The molecule has 0 spiro atoms. The second-order valence-corrected chi connectivity index (χ2v) is 1.91. The predicted octanol–water partition coefficient (Wildman–Crippen LogP) is 1.74. The maximum absolute atomic E-state index is 8.98. The molecule has 0 bridgehead atoms. The monoisotopic (exact) mass is 137 g/mol. The highest BCUT2D eigenvalue weighted by molar-refractivity contribution is 5.53. The van der Waals surface area contributed by atoms with Crippen LogP contribution in [0, 0.1) is 0 Å². The van der Waals surface area contributed by atoms with E-state index >= 15 is 0 Å². The summed E-state index contributed by atoms with van der Waals surface area (Å²) in [6.45, 7) is 1.12. The summed E-state index contributed by atoms with van der Waals surface area (Å²) in [5.74, 6) is -0.312. The van der Waals surface area contributed by atoms with Crippen molar-refractivity contribution in [2.45, 2.75) is 0 Å². The van der Waals surface area contributed by atoms with E-state index in [2.05, 4.69) is 0 Å². The lowest BCUT2D eigenvalue weighted by Gasteiger charge is -1.96. The minimum absolute atomic E-state index is 0.146. The molecule has 0 fully saturated rings. The molecular weight excluding hydrogens is 128 g/mol. The molecule has 52 valence electrons. The van der Waals surface area contributed by atoms with Gasteiger partial charge in [0.25, 0.3) is 0 Å². The van der Waals surface area contributed by atoms with Gasteiger partial charge in [-0.15, -0.1) is 0 Å². The molecule has 1 aromatic carbocycles. The van der Waals surface area contributed by atoms with Gasteiger partial charge in [0.2, 0.25) is 0 Å². The van der Waals surface area contributed by atoms with Crippen LogP contribution in [0.5, 0.6) is 11.5 Å². The van der Waals surface area contributed by atoms with E-state index in [9.17, 15) is 0 Å². The van der Waals surface area contributed by atoms with Crippen LogP contribution in [0.15, 0.2) is 24.8 Å². The van der Waals surface area contributed by atoms with Crippen molar-refractivity contribution in [2.75, 3.05) is 0 Å². The molecule has 2 nitrogen and oxygen atoms in total. The van der Waals surface area contributed by atoms with Crippen LogP contribution in [-0.4, -0.2) is 10.2 Å². The van der Waals surface area contributed by atoms with Gasteiger partial charge in [-0.25, -0.2) is 0 Å². The SMILES string of the molecule is [2H]C=Cc1ccc(O)c(O)c1. The molecule has 1 aromatic rings. The normalized spacial score (nSPS) is 11.8. The molecule has 0 saturated heterocycles. The first-order valence-electron chi connectivity index (χ1n) is 3.38. The van der Waals surface area contributed by atoms with Crippen LogP contribution in [0.2, 0.25) is 0 Å². The van der Waals surface area contributed by atoms with Gasteiger partial charge in [0.05, 0.1) is 1.37 Å². The fourth-order valence-electron chi connectivity index (χ4n) is 0.644. The fraction of sp³-hybridized carbons (Fsp3) is 0. The minimum atomic E-state index is -0.166. The topological polar surface area (TPSA) is 40.5 Å². The number of rotatable bonds is 1. The van der Waals surface area contributed by atoms with Crippen LogP contribution in [0.3, 0.4) is 0 Å². The maximum Gasteiger partial charge on any atom is 0.157 e. The molecule has 2 N–H and O–H groups in total. The van der Waals surface area contributed by atoms with Crippen molar-refractivity contribution >= 4 is 6.08 Å². The Morgan fingerprint density at radius 3 is 2.80 bits per heavy atom. The third-order valence-electron chi connectivity index (χ3n) is 1.19. The average molecular weight is 137 g/mol. The van der Waals surface area contributed by atoms with Crippen LogP contribution in [0.25, 0.3) is 6.08 Å². The molecule has 0 amide bonds. The highest BCUT2D eigenvalue weighted by atomic mass is 16.3. The molecule has 2 heteroatoms. The summed E-state index contributed by atoms with van der Waals surface area (Å²) in [5.41, 5.74) is 0.690. The van der Waals surface area contributed by atoms with Crippen molar-refractivity contribution in [1.82, 2.24) is 0 Å². The summed E-state index contributed by atoms with van der Waals surface area (Å²) in [7, 11) is 0. The van der Waals surface area contributed by atoms with Gasteiger partial charge in [-0.3, -0.25) is 0 Å². The predicted molar refractivity (Wildman–Crippen MR) is 39.9 cm³/mol. The Balaban J connectivity index is 3.05. The van der Waals surface area contributed by atoms with Crippen molar-refractivity contribution in [3.05, 3.63) is 30.3 Å². The minimum Gasteiger partial charge on any atom is -0.504 e. The first kappa shape index (κ1) is 5.35. The average Bonchev–Trinajstić information content (AvgIpc) is 1.98. The third-order valence-corrected chi connectivity index (χ3v) is 1.19. The first-order valence-corrected chi connectivity index (χ1v) is 2.81. The van der Waals surface area contributed by atoms with Gasteiger partial charge in [-0.05, 0) is 17.7 Å². The standard InChI is InChI=1S/C8H8O2/c1-2-6-3-4-7(9)8(10)5-6/h2-5,9-10H,1H2/i1D. The van der Waals surface area contributed by atoms with E-state index in [0.717, 1.165) is 6.55 Å². The quantitative estimate of drug-likeness (QED) is 0.579. The molecule has 0 heterocycles. The summed E-state index contributed by atoms with van der Waals surface area (Å²) in [6, 6.07) is 4.38. The third kappa shape index (κ3) is 1.10. The largest absolute Gasteiger partial charge is 0.504 e. The first-order chi connectivity index (χ1) is 5.24. The Kier molecular flexibility index (Phi) is 1.30. The van der Waals surface area contributed by atoms with E-state index in [-0.39, 0.29) is 11.5 Å². The number of phenols is 2. The zero-order valence-corrected chi connectivity index (χ0v) is 5.28. The van der Waals surface area contributed by atoms with Gasteiger partial charge < -0.3 is 10.2 Å². The van der Waals surface area contributed by atoms with Crippen LogP contribution in [-0.2, 0) is 0 Å². The van der Waals surface area contributed by atoms with Crippen LogP contribution in [0.1, 0.15) is 6.93 Å². The highest BCUT2D eigenvalue weighted by Gasteiger charge is 1.95. The molecule has 0 aliphatic carbocycles. The molecule has 0 atom stereocenters. The molecule has 0 unspecified atom stereocenters. The summed E-state index contributed by atoms with van der Waals surface area (Å²) in [4.78, 5) is 0. The van der Waals surface area contributed by atoms with E-state index in [1.807, 2.05) is 0 Å². The van der Waals surface area contributed by atoms with Crippen LogP contribution >= 0.6 is 0 Å². The lowest BCUT2D eigenvalue weighted by atomic mass is 10.2. The summed E-state index contributed by atoms with van der Waals surface area (Å²) in [6.07, 6.45) is 1.51. The van der Waals surface area contributed by atoms with E-state index in [4.69, 9.17) is 11.6 Å². The van der Waals surface area contributed by atoms with Crippen molar-refractivity contribution in [3.63, 3.8) is 0 Å². The van der Waals surface area contributed by atoms with Crippen molar-refractivity contribution < 1.29 is 11.6 Å². The lowest BCUT2D eigenvalue weighted by Crippen LogP contribution is -1.71. The second-order valence-electron chi connectivity index (χ2n) is 1.91. The number of phenolic OH excluding ortho intramolecular Hbond substituents is 2. The number of hydrogen-bond donors (Lipinski definition) is 2. The summed E-state index contributed by atoms with van der Waals surface area (Å²) in [5, 5.41) is 17.9. The highest BCUT2D eigenvalue weighted by Crippen LogP contribution is 2.24. The molecule has 0 radical (unpaired) electrons. The fourth-order valence-corrected chi connectivity index (χ4v) is 0.644. The zero-order valence-electron chi connectivity index (χ0n) is 6.28. The van der Waals surface area contributed by atoms with Crippen molar-refractivity contribution in [2.24, 2.45) is 0 Å². The van der Waals surface area contributed by atoms with Crippen molar-refractivity contribution in [1.29, 1.82) is 0 Å². The molecule has 0 aromatic heterocycles. The van der Waals surface area contributed by atoms with Gasteiger partial charge in [0, 0.05) is 0 Å². The van der Waals surface area contributed by atoms with Crippen LogP contribution < -0.4 is 0 Å². The number of benzene rings is 1. The van der Waals surface area contributed by atoms with Gasteiger partial charge in [-0.1, -0.05) is 18.7 Å². The second kappa shape index (κ2) is 2.43. The number of hydrogen-bond acceptors (Lipinski definition) is 2. The van der Waals surface area contributed by atoms with E-state index < -0.39 is 0 Å². The lowest BCUT2D eigenvalue weighted by molar-refractivity contribution is 0.403. The van der Waals surface area contributed by atoms with Gasteiger partial charge >= 0.3 is 0 Å². The molecular formula is C8H8O2. The molecule has 10 heavy (non-hydrogen) atoms. The van der Waals surface area contributed by atoms with Gasteiger partial charge in [0.1, 0.15) is 0 Å². The molecule has 0 aliphatic rings. The Hall–Kier alpha value is -1.44.